The minimum atomic E-state index is -1.01. The van der Waals surface area contributed by atoms with Crippen molar-refractivity contribution >= 4 is 43.9 Å². The minimum absolute atomic E-state index is 0.0575. The second-order valence-corrected chi connectivity index (χ2v) is 9.00. The van der Waals surface area contributed by atoms with Crippen LogP contribution in [0.5, 0.6) is 0 Å². The van der Waals surface area contributed by atoms with Gasteiger partial charge in [0.25, 0.3) is 0 Å². The van der Waals surface area contributed by atoms with E-state index in [1.54, 1.807) is 18.2 Å². The van der Waals surface area contributed by atoms with E-state index in [1.165, 1.54) is 0 Å². The number of rotatable bonds is 6. The molecular weight excluding hydrogens is 526 g/mol. The van der Waals surface area contributed by atoms with Crippen molar-refractivity contribution in [3.8, 4) is 11.1 Å². The molecule has 1 aliphatic carbocycles. The number of alkyl carbamates (subject to hydrolysis) is 1. The molecule has 0 saturated carbocycles. The molecule has 2 N–H and O–H groups in total. The maximum atomic E-state index is 12.6. The van der Waals surface area contributed by atoms with Crippen molar-refractivity contribution in [1.82, 2.24) is 5.32 Å². The predicted molar refractivity (Wildman–Crippen MR) is 125 cm³/mol. The largest absolute Gasteiger partial charge is 0.481 e. The molecule has 0 fully saturated rings. The fraction of sp³-hybridized carbons (Fsp3) is 0.167. The molecule has 1 atom stereocenters. The Hall–Kier alpha value is -2.64. The number of fused-ring (bicyclic) bond motifs is 3. The zero-order valence-electron chi connectivity index (χ0n) is 16.3. The van der Waals surface area contributed by atoms with Crippen molar-refractivity contribution in [3.05, 3.63) is 92.4 Å². The van der Waals surface area contributed by atoms with Gasteiger partial charge in [0.05, 0.1) is 12.5 Å². The van der Waals surface area contributed by atoms with Gasteiger partial charge in [0.15, 0.2) is 0 Å². The predicted octanol–water partition coefficient (Wildman–Crippen LogP) is 6.27. The van der Waals surface area contributed by atoms with Crippen LogP contribution in [0.3, 0.4) is 0 Å². The van der Waals surface area contributed by atoms with Crippen LogP contribution in [0.15, 0.2) is 75.7 Å². The average Bonchev–Trinajstić information content (AvgIpc) is 3.07. The summed E-state index contributed by atoms with van der Waals surface area (Å²) < 4.78 is 7.18. The molecule has 3 aromatic carbocycles. The van der Waals surface area contributed by atoms with Gasteiger partial charge in [-0.25, -0.2) is 4.79 Å². The smallest absolute Gasteiger partial charge is 0.407 e. The summed E-state index contributed by atoms with van der Waals surface area (Å²) >= 11 is 6.81. The molecule has 1 aliphatic rings. The van der Waals surface area contributed by atoms with E-state index < -0.39 is 18.1 Å². The molecule has 0 aromatic heterocycles. The molecule has 0 bridgehead atoms. The highest BCUT2D eigenvalue weighted by molar-refractivity contribution is 9.13. The van der Waals surface area contributed by atoms with Gasteiger partial charge in [0.2, 0.25) is 0 Å². The van der Waals surface area contributed by atoms with Crippen LogP contribution in [-0.4, -0.2) is 23.8 Å². The van der Waals surface area contributed by atoms with Crippen LogP contribution < -0.4 is 5.32 Å². The highest BCUT2D eigenvalue weighted by Crippen LogP contribution is 2.44. The number of nitrogens with one attached hydrogen (secondary N) is 1. The SMILES string of the molecule is O=C(O)CC(NC(=O)OCC1c2ccccc2-c2ccccc21)c1ccc(Br)c(Br)c1. The quantitative estimate of drug-likeness (QED) is 0.383. The molecule has 4 rings (SSSR count). The van der Waals surface area contributed by atoms with Crippen molar-refractivity contribution in [2.45, 2.75) is 18.4 Å². The summed E-state index contributed by atoms with van der Waals surface area (Å²) in [7, 11) is 0. The second kappa shape index (κ2) is 9.24. The highest BCUT2D eigenvalue weighted by atomic mass is 79.9. The third-order valence-electron chi connectivity index (χ3n) is 5.36. The number of halogens is 2. The first-order valence-electron chi connectivity index (χ1n) is 9.72. The Morgan fingerprint density at radius 2 is 1.55 bits per heavy atom. The number of ether oxygens (including phenoxy) is 1. The Morgan fingerprint density at radius 3 is 2.13 bits per heavy atom. The first-order chi connectivity index (χ1) is 14.9. The minimum Gasteiger partial charge on any atom is -0.481 e. The first kappa shape index (κ1) is 21.6. The summed E-state index contributed by atoms with van der Waals surface area (Å²) in [6, 6.07) is 20.8. The van der Waals surface area contributed by atoms with Crippen molar-refractivity contribution in [2.75, 3.05) is 6.61 Å². The summed E-state index contributed by atoms with van der Waals surface area (Å²) in [5, 5.41) is 12.0. The molecule has 7 heteroatoms. The Labute approximate surface area is 196 Å². The molecule has 1 amide bonds. The van der Waals surface area contributed by atoms with Crippen LogP contribution in [0.1, 0.15) is 35.1 Å². The van der Waals surface area contributed by atoms with Gasteiger partial charge in [0.1, 0.15) is 6.61 Å². The van der Waals surface area contributed by atoms with Gasteiger partial charge in [-0.05, 0) is 71.8 Å². The van der Waals surface area contributed by atoms with Gasteiger partial charge in [-0.3, -0.25) is 4.79 Å². The lowest BCUT2D eigenvalue weighted by molar-refractivity contribution is -0.137. The average molecular weight is 545 g/mol. The number of hydrogen-bond donors (Lipinski definition) is 2. The lowest BCUT2D eigenvalue weighted by Gasteiger charge is -2.19. The van der Waals surface area contributed by atoms with E-state index in [2.05, 4.69) is 49.3 Å². The molecule has 0 aliphatic heterocycles. The van der Waals surface area contributed by atoms with Crippen LogP contribution in [0.4, 0.5) is 4.79 Å². The Balaban J connectivity index is 1.49. The van der Waals surface area contributed by atoms with E-state index in [-0.39, 0.29) is 18.9 Å². The molecule has 0 saturated heterocycles. The molecule has 31 heavy (non-hydrogen) atoms. The van der Waals surface area contributed by atoms with Crippen molar-refractivity contribution in [1.29, 1.82) is 0 Å². The molecule has 0 heterocycles. The number of benzene rings is 3. The molecule has 1 unspecified atom stereocenters. The first-order valence-corrected chi connectivity index (χ1v) is 11.3. The normalized spacial score (nSPS) is 13.2. The van der Waals surface area contributed by atoms with E-state index in [9.17, 15) is 14.7 Å². The Kier molecular flexibility index (Phi) is 6.43. The number of carbonyl (C=O) groups excluding carboxylic acids is 1. The summed E-state index contributed by atoms with van der Waals surface area (Å²) in [5.41, 5.74) is 5.21. The standard InChI is InChI=1S/C24H19Br2NO4/c25-20-10-9-14(11-21(20)26)22(12-23(28)29)27-24(30)31-13-19-17-7-3-1-5-15(17)16-6-2-4-8-18(16)19/h1-11,19,22H,12-13H2,(H,27,30)(H,28,29). The number of hydrogen-bond acceptors (Lipinski definition) is 3. The number of amides is 1. The monoisotopic (exact) mass is 543 g/mol. The lowest BCUT2D eigenvalue weighted by Crippen LogP contribution is -2.31. The van der Waals surface area contributed by atoms with E-state index in [1.807, 2.05) is 36.4 Å². The molecule has 0 radical (unpaired) electrons. The molecule has 5 nitrogen and oxygen atoms in total. The number of carbonyl (C=O) groups is 2. The van der Waals surface area contributed by atoms with E-state index in [4.69, 9.17) is 4.74 Å². The van der Waals surface area contributed by atoms with Crippen LogP contribution in [0.2, 0.25) is 0 Å². The Morgan fingerprint density at radius 1 is 0.935 bits per heavy atom. The zero-order chi connectivity index (χ0) is 22.0. The fourth-order valence-corrected chi connectivity index (χ4v) is 4.58. The van der Waals surface area contributed by atoms with E-state index in [0.29, 0.717) is 5.56 Å². The summed E-state index contributed by atoms with van der Waals surface area (Å²) in [6.45, 7) is 0.170. The lowest BCUT2D eigenvalue weighted by atomic mass is 9.98. The van der Waals surface area contributed by atoms with Gasteiger partial charge >= 0.3 is 12.1 Å². The van der Waals surface area contributed by atoms with Crippen LogP contribution in [0.25, 0.3) is 11.1 Å². The summed E-state index contributed by atoms with van der Waals surface area (Å²) in [4.78, 5) is 23.9. The van der Waals surface area contributed by atoms with Gasteiger partial charge in [-0.1, -0.05) is 54.6 Å². The highest BCUT2D eigenvalue weighted by Gasteiger charge is 2.29. The van der Waals surface area contributed by atoms with Crippen molar-refractivity contribution < 1.29 is 19.4 Å². The number of carboxylic acids is 1. The van der Waals surface area contributed by atoms with Gasteiger partial charge in [0, 0.05) is 14.9 Å². The zero-order valence-corrected chi connectivity index (χ0v) is 19.5. The van der Waals surface area contributed by atoms with Crippen molar-refractivity contribution in [2.24, 2.45) is 0 Å². The fourth-order valence-electron chi connectivity index (χ4n) is 3.94. The second-order valence-electron chi connectivity index (χ2n) is 7.29. The molecular formula is C24H19Br2NO4. The van der Waals surface area contributed by atoms with Crippen molar-refractivity contribution in [3.63, 3.8) is 0 Å². The van der Waals surface area contributed by atoms with Crippen LogP contribution in [-0.2, 0) is 9.53 Å². The third-order valence-corrected chi connectivity index (χ3v) is 7.24. The summed E-state index contributed by atoms with van der Waals surface area (Å²) in [5.74, 6) is -1.07. The van der Waals surface area contributed by atoms with Crippen LogP contribution >= 0.6 is 31.9 Å². The third kappa shape index (κ3) is 4.67. The molecule has 3 aromatic rings. The van der Waals surface area contributed by atoms with Gasteiger partial charge < -0.3 is 15.2 Å². The maximum Gasteiger partial charge on any atom is 0.407 e. The van der Waals surface area contributed by atoms with Gasteiger partial charge in [-0.15, -0.1) is 0 Å². The topological polar surface area (TPSA) is 75.6 Å². The van der Waals surface area contributed by atoms with Gasteiger partial charge in [-0.2, -0.15) is 0 Å². The molecule has 0 spiro atoms. The van der Waals surface area contributed by atoms with Crippen LogP contribution in [0, 0.1) is 0 Å². The maximum absolute atomic E-state index is 12.6. The number of carboxylic acid groups (broad SMARTS) is 1. The number of aliphatic carboxylic acids is 1. The van der Waals surface area contributed by atoms with E-state index in [0.717, 1.165) is 31.2 Å². The summed E-state index contributed by atoms with van der Waals surface area (Å²) in [6.07, 6.45) is -0.898. The van der Waals surface area contributed by atoms with E-state index >= 15 is 0 Å². The Bertz CT molecular complexity index is 1100. The molecule has 158 valence electrons.